The zero-order chi connectivity index (χ0) is 12.8. The highest BCUT2D eigenvalue weighted by Crippen LogP contribution is 2.43. The van der Waals surface area contributed by atoms with Gasteiger partial charge in [0, 0.05) is 11.3 Å². The molecule has 0 saturated heterocycles. The molecule has 17 heavy (non-hydrogen) atoms. The van der Waals surface area contributed by atoms with Crippen LogP contribution in [0.3, 0.4) is 0 Å². The highest BCUT2D eigenvalue weighted by Gasteiger charge is 2.31. The van der Waals surface area contributed by atoms with Gasteiger partial charge in [-0.3, -0.25) is 0 Å². The van der Waals surface area contributed by atoms with E-state index in [0.717, 1.165) is 18.4 Å². The Balaban J connectivity index is 2.58. The van der Waals surface area contributed by atoms with Crippen molar-refractivity contribution in [2.75, 3.05) is 5.73 Å². The van der Waals surface area contributed by atoms with Crippen molar-refractivity contribution in [2.45, 2.75) is 38.2 Å². The Labute approximate surface area is 100 Å². The average molecular weight is 235 g/mol. The first-order chi connectivity index (χ1) is 7.80. The van der Waals surface area contributed by atoms with Crippen molar-refractivity contribution in [3.63, 3.8) is 0 Å². The van der Waals surface area contributed by atoms with Crippen LogP contribution in [0.1, 0.15) is 54.1 Å². The van der Waals surface area contributed by atoms with Crippen LogP contribution in [0.15, 0.2) is 12.1 Å². The van der Waals surface area contributed by atoms with Crippen LogP contribution in [-0.4, -0.2) is 16.2 Å². The predicted molar refractivity (Wildman–Crippen MR) is 65.0 cm³/mol. The molecule has 1 aliphatic rings. The Morgan fingerprint density at radius 1 is 1.41 bits per heavy atom. The van der Waals surface area contributed by atoms with E-state index in [1.807, 2.05) is 0 Å². The summed E-state index contributed by atoms with van der Waals surface area (Å²) in [6, 6.07) is 3.21. The van der Waals surface area contributed by atoms with Gasteiger partial charge in [-0.1, -0.05) is 0 Å². The van der Waals surface area contributed by atoms with Gasteiger partial charge in [0.1, 0.15) is 0 Å². The summed E-state index contributed by atoms with van der Waals surface area (Å²) in [4.78, 5) is 11.2. The van der Waals surface area contributed by atoms with Crippen molar-refractivity contribution in [2.24, 2.45) is 0 Å². The minimum Gasteiger partial charge on any atom is -0.478 e. The molecule has 1 saturated carbocycles. The number of nitrogen functional groups attached to an aromatic ring is 1. The number of aromatic carboxylic acids is 1. The summed E-state index contributed by atoms with van der Waals surface area (Å²) in [5.74, 6) is -0.642. The maximum Gasteiger partial charge on any atom is 0.335 e. The largest absolute Gasteiger partial charge is 0.478 e. The number of hydrogen-bond acceptors (Lipinski definition) is 3. The lowest BCUT2D eigenvalue weighted by atomic mass is 9.91. The number of carboxylic acid groups (broad SMARTS) is 1. The quantitative estimate of drug-likeness (QED) is 0.700. The van der Waals surface area contributed by atoms with Crippen LogP contribution in [0.2, 0.25) is 0 Å². The lowest BCUT2D eigenvalue weighted by Gasteiger charge is -2.21. The predicted octanol–water partition coefficient (Wildman–Crippen LogP) is 2.07. The molecular formula is C13H17NO3. The van der Waals surface area contributed by atoms with Gasteiger partial charge in [0.15, 0.2) is 0 Å². The van der Waals surface area contributed by atoms with Crippen molar-refractivity contribution in [3.05, 3.63) is 28.8 Å². The third kappa shape index (κ3) is 2.26. The molecule has 0 aromatic heterocycles. The van der Waals surface area contributed by atoms with E-state index in [1.54, 1.807) is 19.9 Å². The molecule has 1 fully saturated rings. The van der Waals surface area contributed by atoms with Gasteiger partial charge < -0.3 is 15.9 Å². The van der Waals surface area contributed by atoms with Gasteiger partial charge in [0.2, 0.25) is 0 Å². The maximum absolute atomic E-state index is 11.2. The molecule has 92 valence electrons. The first-order valence-electron chi connectivity index (χ1n) is 5.70. The summed E-state index contributed by atoms with van der Waals surface area (Å²) in [6.07, 6.45) is 2.03. The van der Waals surface area contributed by atoms with E-state index in [9.17, 15) is 15.0 Å². The molecule has 1 aliphatic carbocycles. The fourth-order valence-corrected chi connectivity index (χ4v) is 2.08. The second kappa shape index (κ2) is 3.74. The molecule has 4 N–H and O–H groups in total. The van der Waals surface area contributed by atoms with Crippen LogP contribution in [0, 0.1) is 0 Å². The second-order valence-electron chi connectivity index (χ2n) is 5.17. The number of anilines is 1. The van der Waals surface area contributed by atoms with E-state index in [2.05, 4.69) is 0 Å². The monoisotopic (exact) mass is 235 g/mol. The molecule has 0 radical (unpaired) electrons. The SMILES string of the molecule is CC(C)(O)c1cc(C(=O)O)c(C2CC2)cc1N. The molecule has 0 spiro atoms. The van der Waals surface area contributed by atoms with Crippen molar-refractivity contribution >= 4 is 11.7 Å². The normalized spacial score (nSPS) is 15.9. The third-order valence-corrected chi connectivity index (χ3v) is 3.13. The first-order valence-corrected chi connectivity index (χ1v) is 5.70. The minimum atomic E-state index is -1.13. The van der Waals surface area contributed by atoms with Gasteiger partial charge >= 0.3 is 5.97 Å². The van der Waals surface area contributed by atoms with Crippen molar-refractivity contribution in [1.29, 1.82) is 0 Å². The molecule has 0 unspecified atom stereocenters. The first kappa shape index (κ1) is 11.9. The molecule has 0 atom stereocenters. The molecule has 4 heteroatoms. The number of nitrogens with two attached hydrogens (primary N) is 1. The summed E-state index contributed by atoms with van der Waals surface area (Å²) in [6.45, 7) is 3.20. The lowest BCUT2D eigenvalue weighted by molar-refractivity contribution is 0.0692. The van der Waals surface area contributed by atoms with Gasteiger partial charge in [-0.15, -0.1) is 0 Å². The maximum atomic E-state index is 11.2. The van der Waals surface area contributed by atoms with Crippen LogP contribution in [0.5, 0.6) is 0 Å². The zero-order valence-electron chi connectivity index (χ0n) is 10.0. The minimum absolute atomic E-state index is 0.263. The van der Waals surface area contributed by atoms with Crippen molar-refractivity contribution in [1.82, 2.24) is 0 Å². The molecule has 0 bridgehead atoms. The van der Waals surface area contributed by atoms with E-state index in [1.165, 1.54) is 6.07 Å². The van der Waals surface area contributed by atoms with Crippen LogP contribution in [0.25, 0.3) is 0 Å². The molecule has 0 aliphatic heterocycles. The number of carbonyl (C=O) groups is 1. The number of aliphatic hydroxyl groups is 1. The van der Waals surface area contributed by atoms with E-state index in [-0.39, 0.29) is 5.56 Å². The fraction of sp³-hybridized carbons (Fsp3) is 0.462. The highest BCUT2D eigenvalue weighted by atomic mass is 16.4. The molecule has 1 aromatic rings. The van der Waals surface area contributed by atoms with Crippen LogP contribution in [0.4, 0.5) is 5.69 Å². The number of benzene rings is 1. The Hall–Kier alpha value is -1.55. The van der Waals surface area contributed by atoms with E-state index in [4.69, 9.17) is 5.73 Å². The lowest BCUT2D eigenvalue weighted by Crippen LogP contribution is -2.19. The van der Waals surface area contributed by atoms with Gasteiger partial charge in [0.25, 0.3) is 0 Å². The van der Waals surface area contributed by atoms with Gasteiger partial charge in [-0.05, 0) is 50.3 Å². The molecule has 4 nitrogen and oxygen atoms in total. The summed E-state index contributed by atoms with van der Waals surface area (Å²) in [7, 11) is 0. The third-order valence-electron chi connectivity index (χ3n) is 3.13. The Morgan fingerprint density at radius 3 is 2.41 bits per heavy atom. The molecule has 1 aromatic carbocycles. The van der Waals surface area contributed by atoms with E-state index >= 15 is 0 Å². The summed E-state index contributed by atoms with van der Waals surface area (Å²) in [5, 5.41) is 19.1. The Morgan fingerprint density at radius 2 is 2.00 bits per heavy atom. The molecule has 0 heterocycles. The van der Waals surface area contributed by atoms with E-state index < -0.39 is 11.6 Å². The smallest absolute Gasteiger partial charge is 0.335 e. The van der Waals surface area contributed by atoms with Crippen molar-refractivity contribution < 1.29 is 15.0 Å². The number of rotatable bonds is 3. The molecule has 0 amide bonds. The fourth-order valence-electron chi connectivity index (χ4n) is 2.08. The van der Waals surface area contributed by atoms with E-state index in [0.29, 0.717) is 17.2 Å². The summed E-state index contributed by atoms with van der Waals surface area (Å²) < 4.78 is 0. The summed E-state index contributed by atoms with van der Waals surface area (Å²) in [5.41, 5.74) is 6.75. The van der Waals surface area contributed by atoms with Crippen LogP contribution < -0.4 is 5.73 Å². The van der Waals surface area contributed by atoms with Crippen LogP contribution >= 0.6 is 0 Å². The van der Waals surface area contributed by atoms with Crippen LogP contribution in [-0.2, 0) is 5.60 Å². The number of hydrogen-bond donors (Lipinski definition) is 3. The Kier molecular flexibility index (Phi) is 2.62. The zero-order valence-corrected chi connectivity index (χ0v) is 10.0. The van der Waals surface area contributed by atoms with Gasteiger partial charge in [0.05, 0.1) is 11.2 Å². The molecule has 2 rings (SSSR count). The van der Waals surface area contributed by atoms with Gasteiger partial charge in [-0.25, -0.2) is 4.79 Å². The summed E-state index contributed by atoms with van der Waals surface area (Å²) >= 11 is 0. The topological polar surface area (TPSA) is 83.5 Å². The molecular weight excluding hydrogens is 218 g/mol. The van der Waals surface area contributed by atoms with Crippen molar-refractivity contribution in [3.8, 4) is 0 Å². The number of carboxylic acids is 1. The second-order valence-corrected chi connectivity index (χ2v) is 5.17. The standard InChI is InChI=1S/C13H17NO3/c1-13(2,17)10-5-9(12(15)16)8(6-11(10)14)7-3-4-7/h5-7,17H,3-4,14H2,1-2H3,(H,15,16). The Bertz CT molecular complexity index is 470. The average Bonchev–Trinajstić information content (AvgIpc) is 2.97. The van der Waals surface area contributed by atoms with Gasteiger partial charge in [-0.2, -0.15) is 0 Å². The highest BCUT2D eigenvalue weighted by molar-refractivity contribution is 5.91.